The summed E-state index contributed by atoms with van der Waals surface area (Å²) in [7, 11) is 0. The number of thioether (sulfide) groups is 1. The molecule has 0 aromatic heterocycles. The van der Waals surface area contributed by atoms with Crippen molar-refractivity contribution in [3.05, 3.63) is 53.6 Å². The zero-order valence-electron chi connectivity index (χ0n) is 12.0. The minimum atomic E-state index is 0.144. The number of nitrogen functional groups attached to an aromatic ring is 1. The van der Waals surface area contributed by atoms with Crippen molar-refractivity contribution >= 4 is 29.0 Å². The van der Waals surface area contributed by atoms with Crippen LogP contribution >= 0.6 is 11.8 Å². The van der Waals surface area contributed by atoms with Gasteiger partial charge >= 0.3 is 0 Å². The molecule has 0 aliphatic carbocycles. The third kappa shape index (κ3) is 2.90. The van der Waals surface area contributed by atoms with E-state index in [2.05, 4.69) is 6.07 Å². The molecule has 2 aromatic rings. The zero-order valence-corrected chi connectivity index (χ0v) is 12.8. The van der Waals surface area contributed by atoms with Gasteiger partial charge in [-0.3, -0.25) is 4.79 Å². The number of aryl methyl sites for hydroxylation is 1. The first kappa shape index (κ1) is 14.0. The Balaban J connectivity index is 1.72. The molecular formula is C17H18N2OS. The first-order valence-electron chi connectivity index (χ1n) is 7.02. The first-order valence-corrected chi connectivity index (χ1v) is 8.01. The van der Waals surface area contributed by atoms with Crippen LogP contribution in [-0.4, -0.2) is 18.2 Å². The Morgan fingerprint density at radius 2 is 2.05 bits per heavy atom. The van der Waals surface area contributed by atoms with Crippen molar-refractivity contribution in [2.75, 3.05) is 22.9 Å². The van der Waals surface area contributed by atoms with Crippen LogP contribution in [0, 0.1) is 6.92 Å². The van der Waals surface area contributed by atoms with Crippen LogP contribution in [0.4, 0.5) is 11.4 Å². The number of nitrogens with two attached hydrogens (primary N) is 1. The maximum absolute atomic E-state index is 12.4. The van der Waals surface area contributed by atoms with E-state index in [1.54, 1.807) is 11.8 Å². The lowest BCUT2D eigenvalue weighted by atomic mass is 10.1. The molecule has 1 heterocycles. The molecule has 0 radical (unpaired) electrons. The van der Waals surface area contributed by atoms with E-state index < -0.39 is 0 Å². The summed E-state index contributed by atoms with van der Waals surface area (Å²) < 4.78 is 0. The van der Waals surface area contributed by atoms with E-state index in [9.17, 15) is 4.79 Å². The van der Waals surface area contributed by atoms with Gasteiger partial charge in [-0.25, -0.2) is 0 Å². The van der Waals surface area contributed by atoms with Crippen molar-refractivity contribution in [1.82, 2.24) is 0 Å². The van der Waals surface area contributed by atoms with E-state index in [0.29, 0.717) is 5.75 Å². The third-order valence-corrected chi connectivity index (χ3v) is 4.77. The molecule has 0 saturated heterocycles. The van der Waals surface area contributed by atoms with Crippen LogP contribution in [-0.2, 0) is 11.2 Å². The predicted molar refractivity (Wildman–Crippen MR) is 88.8 cm³/mol. The number of benzene rings is 2. The van der Waals surface area contributed by atoms with Gasteiger partial charge in [0, 0.05) is 22.8 Å². The fraction of sp³-hybridized carbons (Fsp3) is 0.235. The Hall–Kier alpha value is -1.94. The number of carbonyl (C=O) groups is 1. The molecule has 1 aliphatic rings. The van der Waals surface area contributed by atoms with Gasteiger partial charge in [0.2, 0.25) is 5.91 Å². The molecule has 0 unspecified atom stereocenters. The van der Waals surface area contributed by atoms with Crippen LogP contribution in [0.1, 0.15) is 11.1 Å². The molecule has 3 nitrogen and oxygen atoms in total. The summed E-state index contributed by atoms with van der Waals surface area (Å²) >= 11 is 1.57. The predicted octanol–water partition coefficient (Wildman–Crippen LogP) is 3.26. The van der Waals surface area contributed by atoms with Gasteiger partial charge in [-0.2, -0.15) is 0 Å². The van der Waals surface area contributed by atoms with Gasteiger partial charge in [0.15, 0.2) is 0 Å². The Labute approximate surface area is 129 Å². The van der Waals surface area contributed by atoms with Crippen LogP contribution < -0.4 is 10.6 Å². The molecule has 0 saturated carbocycles. The average molecular weight is 298 g/mol. The lowest BCUT2D eigenvalue weighted by molar-refractivity contribution is -0.116. The van der Waals surface area contributed by atoms with Crippen molar-refractivity contribution in [2.24, 2.45) is 0 Å². The summed E-state index contributed by atoms with van der Waals surface area (Å²) in [4.78, 5) is 15.4. The number of hydrogen-bond donors (Lipinski definition) is 1. The molecule has 21 heavy (non-hydrogen) atoms. The molecule has 1 aliphatic heterocycles. The van der Waals surface area contributed by atoms with Gasteiger partial charge in [0.25, 0.3) is 0 Å². The minimum absolute atomic E-state index is 0.144. The van der Waals surface area contributed by atoms with Crippen LogP contribution in [0.25, 0.3) is 0 Å². The van der Waals surface area contributed by atoms with Gasteiger partial charge in [0.05, 0.1) is 5.75 Å². The van der Waals surface area contributed by atoms with Gasteiger partial charge in [0.1, 0.15) is 0 Å². The molecule has 1 amide bonds. The van der Waals surface area contributed by atoms with E-state index in [1.165, 1.54) is 5.56 Å². The summed E-state index contributed by atoms with van der Waals surface area (Å²) in [6.07, 6.45) is 0.915. The Kier molecular flexibility index (Phi) is 3.88. The van der Waals surface area contributed by atoms with Gasteiger partial charge in [-0.1, -0.05) is 24.3 Å². The molecule has 2 aromatic carbocycles. The van der Waals surface area contributed by atoms with Crippen molar-refractivity contribution in [1.29, 1.82) is 0 Å². The highest BCUT2D eigenvalue weighted by Crippen LogP contribution is 2.32. The molecule has 0 bridgehead atoms. The maximum atomic E-state index is 12.4. The molecule has 0 fully saturated rings. The Morgan fingerprint density at radius 3 is 2.81 bits per heavy atom. The molecule has 0 spiro atoms. The standard InChI is InChI=1S/C17H18N2OS/c1-12-9-13-7-8-19(16(13)10-15(12)18)17(20)11-21-14-5-3-2-4-6-14/h2-6,9-10H,7-8,11,18H2,1H3. The first-order chi connectivity index (χ1) is 10.1. The maximum Gasteiger partial charge on any atom is 0.237 e. The largest absolute Gasteiger partial charge is 0.398 e. The quantitative estimate of drug-likeness (QED) is 0.699. The van der Waals surface area contributed by atoms with Crippen molar-refractivity contribution in [2.45, 2.75) is 18.2 Å². The topological polar surface area (TPSA) is 46.3 Å². The highest BCUT2D eigenvalue weighted by atomic mass is 32.2. The number of amides is 1. The van der Waals surface area contributed by atoms with Crippen LogP contribution in [0.3, 0.4) is 0 Å². The fourth-order valence-corrected chi connectivity index (χ4v) is 3.37. The van der Waals surface area contributed by atoms with E-state index in [4.69, 9.17) is 5.73 Å². The number of hydrogen-bond acceptors (Lipinski definition) is 3. The summed E-state index contributed by atoms with van der Waals surface area (Å²) in [5.41, 5.74) is 10.0. The van der Waals surface area contributed by atoms with Gasteiger partial charge < -0.3 is 10.6 Å². The second-order valence-electron chi connectivity index (χ2n) is 5.23. The molecular weight excluding hydrogens is 280 g/mol. The SMILES string of the molecule is Cc1cc2c(cc1N)N(C(=O)CSc1ccccc1)CC2. The average Bonchev–Trinajstić information content (AvgIpc) is 2.89. The van der Waals surface area contributed by atoms with Gasteiger partial charge in [-0.15, -0.1) is 11.8 Å². The molecule has 4 heteroatoms. The Morgan fingerprint density at radius 1 is 1.29 bits per heavy atom. The van der Waals surface area contributed by atoms with E-state index >= 15 is 0 Å². The number of rotatable bonds is 3. The summed E-state index contributed by atoms with van der Waals surface area (Å²) in [5, 5.41) is 0. The van der Waals surface area contributed by atoms with Crippen molar-refractivity contribution < 1.29 is 4.79 Å². The number of nitrogens with zero attached hydrogens (tertiary/aromatic N) is 1. The van der Waals surface area contributed by atoms with E-state index in [1.807, 2.05) is 48.2 Å². The normalized spacial score (nSPS) is 13.3. The second kappa shape index (κ2) is 5.82. The van der Waals surface area contributed by atoms with Crippen molar-refractivity contribution in [3.63, 3.8) is 0 Å². The zero-order chi connectivity index (χ0) is 14.8. The highest BCUT2D eigenvalue weighted by Gasteiger charge is 2.25. The van der Waals surface area contributed by atoms with E-state index in [0.717, 1.165) is 34.8 Å². The molecule has 3 rings (SSSR count). The minimum Gasteiger partial charge on any atom is -0.398 e. The molecule has 0 atom stereocenters. The monoisotopic (exact) mass is 298 g/mol. The van der Waals surface area contributed by atoms with Crippen molar-refractivity contribution in [3.8, 4) is 0 Å². The number of anilines is 2. The van der Waals surface area contributed by atoms with Crippen LogP contribution in [0.2, 0.25) is 0 Å². The summed E-state index contributed by atoms with van der Waals surface area (Å²) in [6.45, 7) is 2.76. The lowest BCUT2D eigenvalue weighted by Gasteiger charge is -2.18. The molecule has 108 valence electrons. The smallest absolute Gasteiger partial charge is 0.237 e. The van der Waals surface area contributed by atoms with Crippen LogP contribution in [0.15, 0.2) is 47.4 Å². The Bertz CT molecular complexity index is 670. The lowest BCUT2D eigenvalue weighted by Crippen LogP contribution is -2.30. The fourth-order valence-electron chi connectivity index (χ4n) is 2.58. The third-order valence-electron chi connectivity index (χ3n) is 3.77. The summed E-state index contributed by atoms with van der Waals surface area (Å²) in [5.74, 6) is 0.600. The second-order valence-corrected chi connectivity index (χ2v) is 6.28. The number of fused-ring (bicyclic) bond motifs is 1. The van der Waals surface area contributed by atoms with E-state index in [-0.39, 0.29) is 5.91 Å². The highest BCUT2D eigenvalue weighted by molar-refractivity contribution is 8.00. The van der Waals surface area contributed by atoms with Gasteiger partial charge in [-0.05, 0) is 42.7 Å². The summed E-state index contributed by atoms with van der Waals surface area (Å²) in [6, 6.07) is 14.0. The van der Waals surface area contributed by atoms with Crippen LogP contribution in [0.5, 0.6) is 0 Å². The molecule has 2 N–H and O–H groups in total. The number of carbonyl (C=O) groups excluding carboxylic acids is 1.